The zero-order chi connectivity index (χ0) is 28.5. The minimum absolute atomic E-state index is 0.0528. The highest BCUT2D eigenvalue weighted by Crippen LogP contribution is 2.41. The summed E-state index contributed by atoms with van der Waals surface area (Å²) in [6.45, 7) is 9.18. The van der Waals surface area contributed by atoms with Crippen molar-refractivity contribution in [3.63, 3.8) is 0 Å². The first-order valence-electron chi connectivity index (χ1n) is 12.5. The van der Waals surface area contributed by atoms with Crippen LogP contribution in [0.5, 0.6) is 0 Å². The van der Waals surface area contributed by atoms with Crippen molar-refractivity contribution < 1.29 is 15.0 Å². The highest BCUT2D eigenvalue weighted by atomic mass is 35.5. The molecule has 2 aromatic heterocycles. The van der Waals surface area contributed by atoms with Crippen LogP contribution in [0.15, 0.2) is 60.8 Å². The molecule has 3 aromatic carbocycles. The minimum atomic E-state index is -0.859. The molecule has 202 valence electrons. The van der Waals surface area contributed by atoms with Gasteiger partial charge in [0.25, 0.3) is 0 Å². The molecule has 0 fully saturated rings. The average molecular weight is 562 g/mol. The van der Waals surface area contributed by atoms with Gasteiger partial charge in [0, 0.05) is 35.0 Å². The first-order valence-corrected chi connectivity index (χ1v) is 13.7. The molecular formula is C31H32ClN3O3S. The van der Waals surface area contributed by atoms with Crippen LogP contribution in [0.3, 0.4) is 0 Å². The number of aliphatic carboxylic acids is 1. The number of thiazole rings is 1. The third-order valence-electron chi connectivity index (χ3n) is 5.91. The number of hydrogen-bond donors (Lipinski definition) is 2. The lowest BCUT2D eigenvalue weighted by molar-refractivity contribution is -0.136. The van der Waals surface area contributed by atoms with Crippen LogP contribution in [0, 0.1) is 13.8 Å². The van der Waals surface area contributed by atoms with Gasteiger partial charge < -0.3 is 10.2 Å². The lowest BCUT2D eigenvalue weighted by atomic mass is 9.93. The van der Waals surface area contributed by atoms with Crippen molar-refractivity contribution in [1.29, 1.82) is 0 Å². The van der Waals surface area contributed by atoms with Crippen LogP contribution in [0.1, 0.15) is 37.6 Å². The van der Waals surface area contributed by atoms with Gasteiger partial charge in [0.15, 0.2) is 0 Å². The summed E-state index contributed by atoms with van der Waals surface area (Å²) in [5.74, 6) is -0.859. The third-order valence-corrected chi connectivity index (χ3v) is 7.30. The molecule has 0 atom stereocenters. The summed E-state index contributed by atoms with van der Waals surface area (Å²) in [5, 5.41) is 24.1. The van der Waals surface area contributed by atoms with Crippen molar-refractivity contribution in [2.24, 2.45) is 7.05 Å². The zero-order valence-corrected chi connectivity index (χ0v) is 24.5. The Kier molecular flexibility index (Phi) is 8.25. The van der Waals surface area contributed by atoms with E-state index in [1.807, 2.05) is 68.2 Å². The number of carboxylic acids is 1. The van der Waals surface area contributed by atoms with E-state index in [0.717, 1.165) is 59.9 Å². The number of aromatic nitrogens is 3. The molecule has 0 aliphatic rings. The molecule has 0 radical (unpaired) electrons. The van der Waals surface area contributed by atoms with E-state index in [1.54, 1.807) is 32.1 Å². The fourth-order valence-corrected chi connectivity index (χ4v) is 5.62. The summed E-state index contributed by atoms with van der Waals surface area (Å²) < 4.78 is 2.79. The number of carboxylic acid groups (broad SMARTS) is 1. The van der Waals surface area contributed by atoms with Crippen LogP contribution in [0.4, 0.5) is 0 Å². The number of benzene rings is 3. The molecule has 2 N–H and O–H groups in total. The van der Waals surface area contributed by atoms with E-state index in [9.17, 15) is 9.90 Å². The Morgan fingerprint density at radius 3 is 2.26 bits per heavy atom. The highest BCUT2D eigenvalue weighted by Gasteiger charge is 2.20. The van der Waals surface area contributed by atoms with Gasteiger partial charge in [-0.2, -0.15) is 5.10 Å². The van der Waals surface area contributed by atoms with Gasteiger partial charge in [-0.05, 0) is 81.1 Å². The van der Waals surface area contributed by atoms with Crippen molar-refractivity contribution in [2.45, 2.75) is 46.6 Å². The fraction of sp³-hybridized carbons (Fsp3) is 0.258. The number of carbonyl (C=O) groups is 1. The Balaban J connectivity index is 0.000000648. The first kappa shape index (κ1) is 28.5. The molecule has 8 heteroatoms. The second-order valence-corrected chi connectivity index (χ2v) is 12.0. The number of aryl methyl sites for hydroxylation is 3. The van der Waals surface area contributed by atoms with Gasteiger partial charge in [-0.3, -0.25) is 9.48 Å². The summed E-state index contributed by atoms with van der Waals surface area (Å²) in [7, 11) is 1.92. The van der Waals surface area contributed by atoms with Crippen molar-refractivity contribution in [1.82, 2.24) is 14.8 Å². The van der Waals surface area contributed by atoms with E-state index in [1.165, 1.54) is 0 Å². The van der Waals surface area contributed by atoms with Crippen molar-refractivity contribution in [3.05, 3.63) is 82.6 Å². The monoisotopic (exact) mass is 561 g/mol. The number of aliphatic hydroxyl groups is 1. The molecule has 0 bridgehead atoms. The van der Waals surface area contributed by atoms with E-state index >= 15 is 0 Å². The average Bonchev–Trinajstić information content (AvgIpc) is 3.41. The van der Waals surface area contributed by atoms with Crippen LogP contribution < -0.4 is 0 Å². The molecule has 0 saturated carbocycles. The quantitative estimate of drug-likeness (QED) is 0.229. The van der Waals surface area contributed by atoms with Crippen LogP contribution in [-0.2, 0) is 18.3 Å². The van der Waals surface area contributed by atoms with Gasteiger partial charge in [0.2, 0.25) is 0 Å². The molecule has 0 aliphatic carbocycles. The molecule has 5 rings (SSSR count). The SMILES string of the molecule is CC(C)(C)O.Cc1cc2nc(-c3cccc(-c4cn(C)nc4C)c3)sc2c(-c2ccc(Cl)cc2)c1CC(=O)O. The van der Waals surface area contributed by atoms with Gasteiger partial charge in [0.05, 0.1) is 27.9 Å². The minimum Gasteiger partial charge on any atom is -0.481 e. The van der Waals surface area contributed by atoms with E-state index in [4.69, 9.17) is 21.7 Å². The van der Waals surface area contributed by atoms with E-state index in [2.05, 4.69) is 23.3 Å². The number of rotatable bonds is 5. The maximum atomic E-state index is 11.7. The summed E-state index contributed by atoms with van der Waals surface area (Å²) in [6.07, 6.45) is 1.97. The van der Waals surface area contributed by atoms with E-state index < -0.39 is 11.6 Å². The molecule has 0 saturated heterocycles. The third kappa shape index (κ3) is 6.92. The second-order valence-electron chi connectivity index (χ2n) is 10.5. The molecular weight excluding hydrogens is 530 g/mol. The molecule has 39 heavy (non-hydrogen) atoms. The van der Waals surface area contributed by atoms with Crippen molar-refractivity contribution >= 4 is 39.1 Å². The Morgan fingerprint density at radius 1 is 1.03 bits per heavy atom. The largest absolute Gasteiger partial charge is 0.481 e. The summed E-state index contributed by atoms with van der Waals surface area (Å²) in [5.41, 5.74) is 8.09. The lowest BCUT2D eigenvalue weighted by Gasteiger charge is -2.13. The van der Waals surface area contributed by atoms with Gasteiger partial charge in [-0.25, -0.2) is 4.98 Å². The van der Waals surface area contributed by atoms with Crippen LogP contribution in [0.25, 0.3) is 43.0 Å². The Hall–Kier alpha value is -3.52. The van der Waals surface area contributed by atoms with Crippen LogP contribution in [0.2, 0.25) is 5.02 Å². The predicted octanol–water partition coefficient (Wildman–Crippen LogP) is 7.71. The van der Waals surface area contributed by atoms with Gasteiger partial charge >= 0.3 is 5.97 Å². The maximum Gasteiger partial charge on any atom is 0.307 e. The van der Waals surface area contributed by atoms with Crippen LogP contribution in [-0.4, -0.2) is 36.5 Å². The van der Waals surface area contributed by atoms with Crippen molar-refractivity contribution in [3.8, 4) is 32.8 Å². The fourth-order valence-electron chi connectivity index (χ4n) is 4.36. The van der Waals surface area contributed by atoms with Crippen molar-refractivity contribution in [2.75, 3.05) is 0 Å². The molecule has 2 heterocycles. The maximum absolute atomic E-state index is 11.7. The van der Waals surface area contributed by atoms with E-state index in [0.29, 0.717) is 5.02 Å². The molecule has 0 spiro atoms. The standard InChI is InChI=1S/C27H22ClN3O2S.C4H10O/c1-15-11-23-26(25(21(15)13-24(32)33)17-7-9-20(28)10-8-17)34-27(29-23)19-6-4-5-18(12-19)22-14-31(3)30-16(22)2;1-4(2,3)5/h4-12,14H,13H2,1-3H3,(H,32,33);5H,1-3H3. The highest BCUT2D eigenvalue weighted by molar-refractivity contribution is 7.22. The smallest absolute Gasteiger partial charge is 0.307 e. The molecule has 0 amide bonds. The van der Waals surface area contributed by atoms with Crippen LogP contribution >= 0.6 is 22.9 Å². The zero-order valence-electron chi connectivity index (χ0n) is 22.9. The second kappa shape index (κ2) is 11.3. The van der Waals surface area contributed by atoms with E-state index in [-0.39, 0.29) is 6.42 Å². The number of nitrogens with zero attached hydrogens (tertiary/aromatic N) is 3. The lowest BCUT2D eigenvalue weighted by Crippen LogP contribution is -2.10. The summed E-state index contributed by atoms with van der Waals surface area (Å²) in [6, 6.07) is 17.8. The molecule has 5 aromatic rings. The molecule has 0 unspecified atom stereocenters. The predicted molar refractivity (Wildman–Crippen MR) is 160 cm³/mol. The van der Waals surface area contributed by atoms with Gasteiger partial charge in [0.1, 0.15) is 5.01 Å². The summed E-state index contributed by atoms with van der Waals surface area (Å²) in [4.78, 5) is 16.6. The summed E-state index contributed by atoms with van der Waals surface area (Å²) >= 11 is 7.71. The Bertz CT molecular complexity index is 1640. The Labute approximate surface area is 237 Å². The molecule has 6 nitrogen and oxygen atoms in total. The first-order chi connectivity index (χ1) is 18.3. The van der Waals surface area contributed by atoms with Gasteiger partial charge in [-0.15, -0.1) is 11.3 Å². The number of hydrogen-bond acceptors (Lipinski definition) is 5. The number of fused-ring (bicyclic) bond motifs is 1. The normalized spacial score (nSPS) is 11.4. The Morgan fingerprint density at radius 2 is 1.67 bits per heavy atom. The molecule has 0 aliphatic heterocycles. The number of halogens is 1. The van der Waals surface area contributed by atoms with Gasteiger partial charge in [-0.1, -0.05) is 41.9 Å². The topological polar surface area (TPSA) is 88.2 Å².